The molecule has 4 aromatic rings. The van der Waals surface area contributed by atoms with Gasteiger partial charge in [0.05, 0.1) is 0 Å². The van der Waals surface area contributed by atoms with E-state index in [9.17, 15) is 14.7 Å². The van der Waals surface area contributed by atoms with Crippen LogP contribution in [0.15, 0.2) is 91.0 Å². The zero-order valence-electron chi connectivity index (χ0n) is 18.6. The van der Waals surface area contributed by atoms with E-state index in [0.29, 0.717) is 6.42 Å². The first-order chi connectivity index (χ1) is 16.6. The Balaban J connectivity index is 1.30. The molecule has 1 aliphatic rings. The van der Waals surface area contributed by atoms with Crippen molar-refractivity contribution < 1.29 is 19.4 Å². The highest BCUT2D eigenvalue weighted by atomic mass is 16.5. The van der Waals surface area contributed by atoms with Crippen molar-refractivity contribution in [3.05, 3.63) is 108 Å². The molecule has 1 aliphatic carbocycles. The molecular formula is C29H24NO4-. The molecule has 5 heteroatoms. The van der Waals surface area contributed by atoms with Gasteiger partial charge in [0.1, 0.15) is 6.61 Å². The quantitative estimate of drug-likeness (QED) is 0.452. The Morgan fingerprint density at radius 2 is 1.44 bits per heavy atom. The van der Waals surface area contributed by atoms with Crippen LogP contribution in [0.1, 0.15) is 29.0 Å². The van der Waals surface area contributed by atoms with Gasteiger partial charge in [-0.3, -0.25) is 0 Å². The molecule has 0 fully saturated rings. The summed E-state index contributed by atoms with van der Waals surface area (Å²) in [6.07, 6.45) is -0.569. The summed E-state index contributed by atoms with van der Waals surface area (Å²) in [6.45, 7) is 0.173. The van der Waals surface area contributed by atoms with E-state index in [1.807, 2.05) is 66.7 Å². The van der Waals surface area contributed by atoms with Gasteiger partial charge in [-0.1, -0.05) is 91.0 Å². The first kappa shape index (κ1) is 21.7. The average Bonchev–Trinajstić information content (AvgIpc) is 3.16. The maximum Gasteiger partial charge on any atom is 0.407 e. The van der Waals surface area contributed by atoms with Crippen molar-refractivity contribution in [3.8, 4) is 11.1 Å². The van der Waals surface area contributed by atoms with Gasteiger partial charge < -0.3 is 20.0 Å². The SMILES string of the molecule is O=C([O-])C[C@H](Cc1cccc2ccccc12)NC(=O)OCC1c2ccccc2-c2ccccc21. The van der Waals surface area contributed by atoms with Crippen LogP contribution in [0.3, 0.4) is 0 Å². The number of alkyl carbamates (subject to hydrolysis) is 1. The summed E-state index contributed by atoms with van der Waals surface area (Å²) < 4.78 is 5.61. The highest BCUT2D eigenvalue weighted by molar-refractivity contribution is 5.86. The molecule has 0 bridgehead atoms. The summed E-state index contributed by atoms with van der Waals surface area (Å²) in [5, 5.41) is 16.2. The third kappa shape index (κ3) is 4.37. The van der Waals surface area contributed by atoms with Gasteiger partial charge in [0.15, 0.2) is 0 Å². The first-order valence-corrected chi connectivity index (χ1v) is 11.4. The van der Waals surface area contributed by atoms with E-state index >= 15 is 0 Å². The molecule has 5 rings (SSSR count). The Labute approximate surface area is 198 Å². The van der Waals surface area contributed by atoms with Gasteiger partial charge in [-0.05, 0) is 45.0 Å². The zero-order chi connectivity index (χ0) is 23.5. The summed E-state index contributed by atoms with van der Waals surface area (Å²) in [5.41, 5.74) is 5.51. The number of benzene rings is 4. The summed E-state index contributed by atoms with van der Waals surface area (Å²) in [7, 11) is 0. The number of carboxylic acid groups (broad SMARTS) is 1. The third-order valence-electron chi connectivity index (χ3n) is 6.42. The largest absolute Gasteiger partial charge is 0.550 e. The number of fused-ring (bicyclic) bond motifs is 4. The molecule has 0 saturated carbocycles. The second kappa shape index (κ2) is 9.40. The minimum atomic E-state index is -1.22. The Morgan fingerprint density at radius 3 is 2.15 bits per heavy atom. The standard InChI is InChI=1S/C29H25NO4/c31-28(32)17-21(16-20-10-7-9-19-8-1-2-11-22(19)20)30-29(33)34-18-27-25-14-5-3-12-23(25)24-13-4-6-15-26(24)27/h1-15,21,27H,16-18H2,(H,30,33)(H,31,32)/p-1/t21-/m0/s1. The summed E-state index contributed by atoms with van der Waals surface area (Å²) in [4.78, 5) is 24.1. The Bertz CT molecular complexity index is 1310. The maximum absolute atomic E-state index is 12.7. The number of rotatable bonds is 7. The van der Waals surface area contributed by atoms with Gasteiger partial charge >= 0.3 is 6.09 Å². The minimum absolute atomic E-state index is 0.0594. The fourth-order valence-electron chi connectivity index (χ4n) is 4.92. The number of ether oxygens (including phenoxy) is 1. The molecule has 34 heavy (non-hydrogen) atoms. The van der Waals surface area contributed by atoms with Crippen molar-refractivity contribution in [1.82, 2.24) is 5.32 Å². The van der Waals surface area contributed by atoms with E-state index in [-0.39, 0.29) is 18.9 Å². The molecule has 1 atom stereocenters. The predicted octanol–water partition coefficient (Wildman–Crippen LogP) is 4.43. The van der Waals surface area contributed by atoms with Gasteiger partial charge in [-0.2, -0.15) is 0 Å². The number of carboxylic acids is 1. The Morgan fingerprint density at radius 1 is 0.824 bits per heavy atom. The van der Waals surface area contributed by atoms with Gasteiger partial charge in [0.2, 0.25) is 0 Å². The van der Waals surface area contributed by atoms with Crippen molar-refractivity contribution in [1.29, 1.82) is 0 Å². The normalized spacial score (nSPS) is 13.2. The first-order valence-electron chi connectivity index (χ1n) is 11.4. The number of carbonyl (C=O) groups excluding carboxylic acids is 2. The fourth-order valence-corrected chi connectivity index (χ4v) is 4.92. The van der Waals surface area contributed by atoms with E-state index in [4.69, 9.17) is 4.74 Å². The third-order valence-corrected chi connectivity index (χ3v) is 6.42. The topological polar surface area (TPSA) is 78.5 Å². The maximum atomic E-state index is 12.7. The summed E-state index contributed by atoms with van der Waals surface area (Å²) >= 11 is 0. The second-order valence-corrected chi connectivity index (χ2v) is 8.59. The fraction of sp³-hybridized carbons (Fsp3) is 0.172. The van der Waals surface area contributed by atoms with E-state index in [1.165, 1.54) is 0 Å². The smallest absolute Gasteiger partial charge is 0.407 e. The van der Waals surface area contributed by atoms with Crippen molar-refractivity contribution in [3.63, 3.8) is 0 Å². The van der Waals surface area contributed by atoms with Crippen molar-refractivity contribution in [2.75, 3.05) is 6.61 Å². The molecule has 0 unspecified atom stereocenters. The summed E-state index contributed by atoms with van der Waals surface area (Å²) in [6, 6.07) is 29.4. The molecule has 0 saturated heterocycles. The lowest BCUT2D eigenvalue weighted by molar-refractivity contribution is -0.306. The molecule has 0 radical (unpaired) electrons. The lowest BCUT2D eigenvalue weighted by atomic mass is 9.97. The van der Waals surface area contributed by atoms with E-state index < -0.39 is 18.1 Å². The second-order valence-electron chi connectivity index (χ2n) is 8.59. The zero-order valence-corrected chi connectivity index (χ0v) is 18.6. The minimum Gasteiger partial charge on any atom is -0.550 e. The number of hydrogen-bond donors (Lipinski definition) is 1. The molecule has 0 aliphatic heterocycles. The molecule has 0 aromatic heterocycles. The van der Waals surface area contributed by atoms with Crippen LogP contribution in [0.25, 0.3) is 21.9 Å². The predicted molar refractivity (Wildman–Crippen MR) is 129 cm³/mol. The summed E-state index contributed by atoms with van der Waals surface area (Å²) in [5.74, 6) is -1.28. The number of nitrogens with one attached hydrogen (secondary N) is 1. The molecule has 1 amide bonds. The monoisotopic (exact) mass is 450 g/mol. The van der Waals surface area contributed by atoms with E-state index in [2.05, 4.69) is 29.6 Å². The van der Waals surface area contributed by atoms with Gasteiger partial charge in [-0.15, -0.1) is 0 Å². The van der Waals surface area contributed by atoms with Crippen LogP contribution in [0, 0.1) is 0 Å². The van der Waals surface area contributed by atoms with Crippen LogP contribution in [0.2, 0.25) is 0 Å². The molecule has 1 N–H and O–H groups in total. The van der Waals surface area contributed by atoms with Gasteiger partial charge in [0.25, 0.3) is 0 Å². The lowest BCUT2D eigenvalue weighted by Gasteiger charge is -2.21. The van der Waals surface area contributed by atoms with Crippen molar-refractivity contribution in [2.45, 2.75) is 24.8 Å². The van der Waals surface area contributed by atoms with Crippen LogP contribution in [-0.2, 0) is 16.0 Å². The van der Waals surface area contributed by atoms with Crippen molar-refractivity contribution >= 4 is 22.8 Å². The molecule has 5 nitrogen and oxygen atoms in total. The molecule has 0 heterocycles. The van der Waals surface area contributed by atoms with Crippen LogP contribution in [0.4, 0.5) is 4.79 Å². The Hall–Kier alpha value is -4.12. The van der Waals surface area contributed by atoms with E-state index in [1.54, 1.807) is 0 Å². The van der Waals surface area contributed by atoms with Crippen LogP contribution in [-0.4, -0.2) is 24.7 Å². The highest BCUT2D eigenvalue weighted by Crippen LogP contribution is 2.44. The molecule has 4 aromatic carbocycles. The molecule has 0 spiro atoms. The van der Waals surface area contributed by atoms with Crippen LogP contribution in [0.5, 0.6) is 0 Å². The van der Waals surface area contributed by atoms with Crippen molar-refractivity contribution in [2.24, 2.45) is 0 Å². The number of hydrogen-bond acceptors (Lipinski definition) is 4. The number of carbonyl (C=O) groups is 2. The average molecular weight is 451 g/mol. The lowest BCUT2D eigenvalue weighted by Crippen LogP contribution is -2.41. The van der Waals surface area contributed by atoms with E-state index in [0.717, 1.165) is 38.6 Å². The number of amides is 1. The van der Waals surface area contributed by atoms with Crippen LogP contribution >= 0.6 is 0 Å². The van der Waals surface area contributed by atoms with Gasteiger partial charge in [-0.25, -0.2) is 4.79 Å². The van der Waals surface area contributed by atoms with Gasteiger partial charge in [0, 0.05) is 24.3 Å². The molecular weight excluding hydrogens is 426 g/mol. The Kier molecular flexibility index (Phi) is 6.00. The van der Waals surface area contributed by atoms with Crippen LogP contribution < -0.4 is 10.4 Å². The molecule has 170 valence electrons. The highest BCUT2D eigenvalue weighted by Gasteiger charge is 2.29. The number of aliphatic carboxylic acids is 1.